The van der Waals surface area contributed by atoms with Crippen molar-refractivity contribution in [3.63, 3.8) is 0 Å². The van der Waals surface area contributed by atoms with Crippen LogP contribution in [0.4, 0.5) is 0 Å². The average molecular weight is 407 g/mol. The molecule has 0 bridgehead atoms. The van der Waals surface area contributed by atoms with Crippen molar-refractivity contribution < 1.29 is 18.7 Å². The number of hydrogen-bond acceptors (Lipinski definition) is 4. The Morgan fingerprint density at radius 1 is 1.32 bits per heavy atom. The summed E-state index contributed by atoms with van der Waals surface area (Å²) in [6.45, 7) is 11.6. The van der Waals surface area contributed by atoms with Crippen LogP contribution in [0.15, 0.2) is 58.7 Å². The van der Waals surface area contributed by atoms with E-state index in [1.807, 2.05) is 25.2 Å². The van der Waals surface area contributed by atoms with E-state index >= 15 is 0 Å². The molecule has 0 radical (unpaired) electrons. The fourth-order valence-electron chi connectivity index (χ4n) is 3.55. The Morgan fingerprint density at radius 2 is 2.07 bits per heavy atom. The molecule has 1 aliphatic carbocycles. The zero-order valence-electron chi connectivity index (χ0n) is 17.7. The van der Waals surface area contributed by atoms with Crippen molar-refractivity contribution in [3.8, 4) is 0 Å². The number of allylic oxidation sites excluding steroid dienone is 9. The molecule has 0 aromatic rings. The Balaban J connectivity index is 1.94. The first kappa shape index (κ1) is 23.1. The van der Waals surface area contributed by atoms with E-state index in [4.69, 9.17) is 9.05 Å². The van der Waals surface area contributed by atoms with Gasteiger partial charge >= 0.3 is 7.75 Å². The molecule has 5 nitrogen and oxygen atoms in total. The second-order valence-electron chi connectivity index (χ2n) is 8.18. The van der Waals surface area contributed by atoms with E-state index in [-0.39, 0.29) is 5.41 Å². The SMILES string of the molecule is CC(C=CC1=C(C)CCCC1(C)C)=CC=CC(C)=CC(O)OP1(=O)NCCO1. The van der Waals surface area contributed by atoms with Crippen molar-refractivity contribution in [2.45, 2.75) is 60.2 Å². The molecule has 0 saturated carbocycles. The minimum atomic E-state index is -3.36. The summed E-state index contributed by atoms with van der Waals surface area (Å²) in [7, 11) is -3.36. The third kappa shape index (κ3) is 6.98. The van der Waals surface area contributed by atoms with Crippen LogP contribution in [0, 0.1) is 5.41 Å². The first-order valence-electron chi connectivity index (χ1n) is 9.89. The van der Waals surface area contributed by atoms with E-state index in [9.17, 15) is 9.67 Å². The van der Waals surface area contributed by atoms with Gasteiger partial charge < -0.3 is 5.11 Å². The van der Waals surface area contributed by atoms with Gasteiger partial charge in [0.05, 0.1) is 6.61 Å². The standard InChI is InChI=1S/C22H34NO4P/c1-17(11-12-20-19(3)10-7-13-22(20,4)5)8-6-9-18(2)16-21(24)27-28(25)23-14-15-26-28/h6,8-9,11-12,16,21,24H,7,10,13-15H2,1-5H3,(H,23,25). The van der Waals surface area contributed by atoms with Crippen molar-refractivity contribution in [1.29, 1.82) is 0 Å². The number of aliphatic hydroxyl groups excluding tert-OH is 1. The second-order valence-corrected chi connectivity index (χ2v) is 9.96. The van der Waals surface area contributed by atoms with Gasteiger partial charge in [-0.05, 0) is 57.1 Å². The van der Waals surface area contributed by atoms with E-state index in [0.29, 0.717) is 13.2 Å². The fraction of sp³-hybridized carbons (Fsp3) is 0.545. The highest BCUT2D eigenvalue weighted by atomic mass is 31.2. The number of aliphatic hydroxyl groups is 1. The van der Waals surface area contributed by atoms with E-state index in [2.05, 4.69) is 44.9 Å². The minimum absolute atomic E-state index is 0.240. The Morgan fingerprint density at radius 3 is 2.71 bits per heavy atom. The van der Waals surface area contributed by atoms with Crippen LogP contribution < -0.4 is 5.09 Å². The molecular weight excluding hydrogens is 373 g/mol. The zero-order chi connectivity index (χ0) is 20.8. The predicted octanol–water partition coefficient (Wildman–Crippen LogP) is 5.58. The number of nitrogens with one attached hydrogen (secondary N) is 1. The van der Waals surface area contributed by atoms with Crippen molar-refractivity contribution in [2.24, 2.45) is 5.41 Å². The van der Waals surface area contributed by atoms with Crippen LogP contribution in [0.5, 0.6) is 0 Å². The summed E-state index contributed by atoms with van der Waals surface area (Å²) >= 11 is 0. The van der Waals surface area contributed by atoms with Crippen LogP contribution in [0.25, 0.3) is 0 Å². The smallest absolute Gasteiger partial charge is 0.364 e. The Kier molecular flexibility index (Phi) is 8.23. The minimum Gasteiger partial charge on any atom is -0.364 e. The van der Waals surface area contributed by atoms with Gasteiger partial charge in [0.15, 0.2) is 6.29 Å². The number of rotatable bonds is 7. The lowest BCUT2D eigenvalue weighted by Gasteiger charge is -2.32. The van der Waals surface area contributed by atoms with Gasteiger partial charge in [-0.15, -0.1) is 0 Å². The summed E-state index contributed by atoms with van der Waals surface area (Å²) in [6, 6.07) is 0. The molecule has 0 aromatic carbocycles. The molecule has 0 aromatic heterocycles. The lowest BCUT2D eigenvalue weighted by atomic mass is 9.72. The summed E-state index contributed by atoms with van der Waals surface area (Å²) in [5.41, 5.74) is 5.13. The average Bonchev–Trinajstić information content (AvgIpc) is 2.99. The molecule has 2 N–H and O–H groups in total. The topological polar surface area (TPSA) is 67.8 Å². The van der Waals surface area contributed by atoms with Crippen molar-refractivity contribution in [3.05, 3.63) is 58.7 Å². The van der Waals surface area contributed by atoms with Gasteiger partial charge in [-0.1, -0.05) is 60.9 Å². The molecule has 1 saturated heterocycles. The van der Waals surface area contributed by atoms with Gasteiger partial charge in [0, 0.05) is 6.54 Å². The summed E-state index contributed by atoms with van der Waals surface area (Å²) in [4.78, 5) is 0. The van der Waals surface area contributed by atoms with Crippen LogP contribution in [0.2, 0.25) is 0 Å². The van der Waals surface area contributed by atoms with Gasteiger partial charge in [0.1, 0.15) is 0 Å². The lowest BCUT2D eigenvalue weighted by molar-refractivity contribution is 0.0125. The quantitative estimate of drug-likeness (QED) is 0.328. The summed E-state index contributed by atoms with van der Waals surface area (Å²) < 4.78 is 22.1. The van der Waals surface area contributed by atoms with Crippen LogP contribution in [-0.4, -0.2) is 24.5 Å². The molecule has 0 spiro atoms. The van der Waals surface area contributed by atoms with Gasteiger partial charge in [0.2, 0.25) is 0 Å². The number of hydrogen-bond donors (Lipinski definition) is 2. The third-order valence-electron chi connectivity index (χ3n) is 5.09. The maximum Gasteiger partial charge on any atom is 0.408 e. The predicted molar refractivity (Wildman–Crippen MR) is 115 cm³/mol. The normalized spacial score (nSPS) is 27.9. The molecule has 28 heavy (non-hydrogen) atoms. The van der Waals surface area contributed by atoms with Gasteiger partial charge in [-0.2, -0.15) is 0 Å². The molecule has 2 aliphatic rings. The molecule has 0 amide bonds. The molecule has 2 atom stereocenters. The first-order chi connectivity index (χ1) is 13.1. The summed E-state index contributed by atoms with van der Waals surface area (Å²) in [5.74, 6) is 0. The molecule has 1 fully saturated rings. The van der Waals surface area contributed by atoms with Gasteiger partial charge in [-0.3, -0.25) is 9.05 Å². The van der Waals surface area contributed by atoms with E-state index in [0.717, 1.165) is 11.1 Å². The Labute approximate surface area is 169 Å². The Bertz CT molecular complexity index is 748. The largest absolute Gasteiger partial charge is 0.408 e. The zero-order valence-corrected chi connectivity index (χ0v) is 18.6. The van der Waals surface area contributed by atoms with Crippen LogP contribution in [0.3, 0.4) is 0 Å². The van der Waals surface area contributed by atoms with Crippen molar-refractivity contribution in [2.75, 3.05) is 13.2 Å². The molecular formula is C22H34NO4P. The van der Waals surface area contributed by atoms with Crippen LogP contribution in [0.1, 0.15) is 53.9 Å². The molecule has 1 aliphatic heterocycles. The lowest BCUT2D eigenvalue weighted by Crippen LogP contribution is -2.19. The highest BCUT2D eigenvalue weighted by molar-refractivity contribution is 7.51. The highest BCUT2D eigenvalue weighted by Gasteiger charge is 2.31. The van der Waals surface area contributed by atoms with Gasteiger partial charge in [0.25, 0.3) is 0 Å². The third-order valence-corrected chi connectivity index (χ3v) is 6.72. The van der Waals surface area contributed by atoms with E-state index in [1.165, 1.54) is 36.5 Å². The summed E-state index contributed by atoms with van der Waals surface area (Å²) in [5, 5.41) is 12.5. The van der Waals surface area contributed by atoms with Crippen molar-refractivity contribution in [1.82, 2.24) is 5.09 Å². The first-order valence-corrected chi connectivity index (χ1v) is 11.4. The summed E-state index contributed by atoms with van der Waals surface area (Å²) in [6.07, 6.45) is 14.1. The molecule has 2 unspecified atom stereocenters. The molecule has 2 rings (SSSR count). The van der Waals surface area contributed by atoms with E-state index in [1.54, 1.807) is 0 Å². The van der Waals surface area contributed by atoms with E-state index < -0.39 is 14.0 Å². The van der Waals surface area contributed by atoms with Crippen molar-refractivity contribution >= 4 is 7.75 Å². The maximum absolute atomic E-state index is 12.0. The second kappa shape index (κ2) is 10.00. The van der Waals surface area contributed by atoms with Crippen LogP contribution >= 0.6 is 7.75 Å². The highest BCUT2D eigenvalue weighted by Crippen LogP contribution is 2.47. The molecule has 6 heteroatoms. The maximum atomic E-state index is 12.0. The Hall–Kier alpha value is -1.23. The monoisotopic (exact) mass is 407 g/mol. The van der Waals surface area contributed by atoms with Gasteiger partial charge in [-0.25, -0.2) is 9.65 Å². The molecule has 1 heterocycles. The molecule has 156 valence electrons. The van der Waals surface area contributed by atoms with Crippen LogP contribution in [-0.2, 0) is 13.6 Å². The fourth-order valence-corrected chi connectivity index (χ4v) is 4.82.